The highest BCUT2D eigenvalue weighted by molar-refractivity contribution is 7.21. The molecule has 0 spiro atoms. The van der Waals surface area contributed by atoms with Gasteiger partial charge in [-0.25, -0.2) is 9.78 Å². The molecule has 1 aliphatic heterocycles. The van der Waals surface area contributed by atoms with Crippen LogP contribution >= 0.6 is 11.3 Å². The first-order valence-corrected chi connectivity index (χ1v) is 15.0. The van der Waals surface area contributed by atoms with Gasteiger partial charge >= 0.3 is 5.97 Å². The fourth-order valence-corrected chi connectivity index (χ4v) is 8.57. The molecule has 210 valence electrons. The predicted octanol–water partition coefficient (Wildman–Crippen LogP) is 4.87. The Morgan fingerprint density at radius 1 is 1.23 bits per heavy atom. The maximum atomic E-state index is 14.2. The molecule has 3 heterocycles. The van der Waals surface area contributed by atoms with Crippen LogP contribution in [0.4, 0.5) is 0 Å². The minimum atomic E-state index is -0.729. The number of carbonyl (C=O) groups is 1. The number of hydrogen-bond donors (Lipinski definition) is 1. The van der Waals surface area contributed by atoms with Crippen molar-refractivity contribution >= 4 is 38.5 Å². The summed E-state index contributed by atoms with van der Waals surface area (Å²) >= 11 is 1.33. The lowest BCUT2D eigenvalue weighted by Crippen LogP contribution is -3.12. The molecule has 2 fully saturated rings. The molecular weight excluding hydrogens is 524 g/mol. The Morgan fingerprint density at radius 2 is 2.00 bits per heavy atom. The lowest BCUT2D eigenvalue weighted by atomic mass is 9.65. The molecule has 2 aromatic carbocycles. The van der Waals surface area contributed by atoms with Crippen LogP contribution in [0.3, 0.4) is 0 Å². The molecule has 1 saturated carbocycles. The molecule has 6 rings (SSSR count). The van der Waals surface area contributed by atoms with Crippen LogP contribution in [-0.4, -0.2) is 30.1 Å². The van der Waals surface area contributed by atoms with E-state index in [-0.39, 0.29) is 45.5 Å². The average molecular weight is 561 g/mol. The number of hydrogen-bond acceptors (Lipinski definition) is 7. The number of aromatic nitrogens is 1. The van der Waals surface area contributed by atoms with Crippen molar-refractivity contribution in [3.05, 3.63) is 57.4 Å². The summed E-state index contributed by atoms with van der Waals surface area (Å²) < 4.78 is 12.5. The molecule has 1 N–H and O–H groups in total. The highest BCUT2D eigenvalue weighted by Gasteiger charge is 2.52. The lowest BCUT2D eigenvalue weighted by Gasteiger charge is -2.37. The minimum absolute atomic E-state index is 0.0949. The van der Waals surface area contributed by atoms with Gasteiger partial charge in [0.15, 0.2) is 0 Å². The van der Waals surface area contributed by atoms with E-state index in [2.05, 4.69) is 25.8 Å². The largest absolute Gasteiger partial charge is 0.872 e. The van der Waals surface area contributed by atoms with Crippen LogP contribution in [0.2, 0.25) is 0 Å². The molecule has 40 heavy (non-hydrogen) atoms. The number of quaternary nitrogens is 1. The molecule has 8 heteroatoms. The van der Waals surface area contributed by atoms with Gasteiger partial charge in [-0.1, -0.05) is 51.1 Å². The molecule has 2 aliphatic rings. The van der Waals surface area contributed by atoms with Crippen molar-refractivity contribution in [3.63, 3.8) is 0 Å². The van der Waals surface area contributed by atoms with Crippen molar-refractivity contribution in [2.75, 3.05) is 13.2 Å². The first-order chi connectivity index (χ1) is 19.0. The molecule has 3 atom stereocenters. The fraction of sp³-hybridized carbons (Fsp3) is 0.469. The van der Waals surface area contributed by atoms with E-state index < -0.39 is 5.97 Å². The highest BCUT2D eigenvalue weighted by Crippen LogP contribution is 2.47. The van der Waals surface area contributed by atoms with E-state index >= 15 is 0 Å². The summed E-state index contributed by atoms with van der Waals surface area (Å²) in [5.74, 6) is -1.02. The number of nitrogens with one attached hydrogen (secondary N) is 1. The predicted molar refractivity (Wildman–Crippen MR) is 155 cm³/mol. The molecule has 0 amide bonds. The third-order valence-electron chi connectivity index (χ3n) is 8.73. The summed E-state index contributed by atoms with van der Waals surface area (Å²) in [7, 11) is 0. The first-order valence-electron chi connectivity index (χ1n) is 14.2. The maximum Gasteiger partial charge on any atom is 0.375 e. The second-order valence-corrected chi connectivity index (χ2v) is 13.7. The Labute approximate surface area is 237 Å². The van der Waals surface area contributed by atoms with Gasteiger partial charge in [0.1, 0.15) is 22.7 Å². The summed E-state index contributed by atoms with van der Waals surface area (Å²) in [5, 5.41) is 14.5. The van der Waals surface area contributed by atoms with Gasteiger partial charge in [0.05, 0.1) is 34.8 Å². The third-order valence-corrected chi connectivity index (χ3v) is 9.79. The van der Waals surface area contributed by atoms with E-state index in [0.29, 0.717) is 40.5 Å². The molecule has 4 aromatic rings. The molecule has 7 nitrogen and oxygen atoms in total. The molecular formula is C32H36N2O5S. The summed E-state index contributed by atoms with van der Waals surface area (Å²) in [6, 6.07) is 9.68. The van der Waals surface area contributed by atoms with Gasteiger partial charge in [0, 0.05) is 23.8 Å². The summed E-state index contributed by atoms with van der Waals surface area (Å²) in [5.41, 5.74) is 2.22. The number of likely N-dealkylation sites (tertiary alicyclic amines) is 1. The Bertz CT molecular complexity index is 1670. The number of ether oxygens (including phenoxy) is 1. The normalized spacial score (nSPS) is 23.6. The quantitative estimate of drug-likeness (QED) is 0.338. The third kappa shape index (κ3) is 4.51. The van der Waals surface area contributed by atoms with Crippen molar-refractivity contribution in [2.24, 2.45) is 10.8 Å². The van der Waals surface area contributed by atoms with E-state index in [1.54, 1.807) is 13.0 Å². The van der Waals surface area contributed by atoms with Crippen LogP contribution in [0.1, 0.15) is 75.6 Å². The number of aryl methyl sites for hydroxylation is 1. The van der Waals surface area contributed by atoms with Gasteiger partial charge in [-0.2, -0.15) is 0 Å². The number of benzene rings is 2. The van der Waals surface area contributed by atoms with Crippen LogP contribution in [0.5, 0.6) is 5.75 Å². The standard InChI is InChI=1S/C32H36N2O5S/c1-6-18-12-20-26(36)24(29-33-22-10-8-9-11-23(22)40-29)28(30(37)38-7-2)39-27(20)21(25(18)35)15-34-17-32(5)14-19(34)13-31(3,4)16-32/h8-12,19,35H,6-7,13-17H2,1-5H3. The van der Waals surface area contributed by atoms with Gasteiger partial charge in [0.2, 0.25) is 11.2 Å². The van der Waals surface area contributed by atoms with Gasteiger partial charge < -0.3 is 19.2 Å². The van der Waals surface area contributed by atoms with Crippen LogP contribution in [0.25, 0.3) is 31.8 Å². The number of nitrogens with zero attached hydrogens (tertiary/aromatic N) is 1. The van der Waals surface area contributed by atoms with Crippen LogP contribution in [0.15, 0.2) is 39.5 Å². The molecule has 2 bridgehead atoms. The number of carbonyl (C=O) groups excluding carboxylic acids is 1. The van der Waals surface area contributed by atoms with Gasteiger partial charge in [-0.15, -0.1) is 11.3 Å². The van der Waals surface area contributed by atoms with Crippen molar-refractivity contribution in [1.82, 2.24) is 4.98 Å². The van der Waals surface area contributed by atoms with Crippen molar-refractivity contribution in [1.29, 1.82) is 0 Å². The van der Waals surface area contributed by atoms with Crippen LogP contribution in [0, 0.1) is 10.8 Å². The SMILES string of the molecule is CCOC(=O)c1oc2c(C[NH+]3CC4(C)CC3CC(C)(C)C4)c([O-])c(CC)cc2c(=O)c1-c1nc2ccccc2s1. The highest BCUT2D eigenvalue weighted by atomic mass is 32.1. The Kier molecular flexibility index (Phi) is 6.54. The number of esters is 1. The van der Waals surface area contributed by atoms with E-state index in [0.717, 1.165) is 36.0 Å². The summed E-state index contributed by atoms with van der Waals surface area (Å²) in [6.45, 7) is 12.2. The number of rotatable bonds is 6. The monoisotopic (exact) mass is 560 g/mol. The summed E-state index contributed by atoms with van der Waals surface area (Å²) in [6.07, 6.45) is 3.89. The lowest BCUT2D eigenvalue weighted by molar-refractivity contribution is -0.928. The molecule has 0 radical (unpaired) electrons. The van der Waals surface area contributed by atoms with Crippen LogP contribution in [-0.2, 0) is 17.7 Å². The van der Waals surface area contributed by atoms with Gasteiger partial charge in [0.25, 0.3) is 0 Å². The minimum Gasteiger partial charge on any atom is -0.872 e. The van der Waals surface area contributed by atoms with Gasteiger partial charge in [-0.05, 0) is 43.4 Å². The average Bonchev–Trinajstić information content (AvgIpc) is 3.42. The fourth-order valence-electron chi connectivity index (χ4n) is 7.56. The van der Waals surface area contributed by atoms with Crippen LogP contribution < -0.4 is 15.4 Å². The Hall–Kier alpha value is -3.23. The zero-order valence-corrected chi connectivity index (χ0v) is 24.6. The molecule has 2 aromatic heterocycles. The Balaban J connectivity index is 1.56. The number of para-hydroxylation sites is 1. The zero-order valence-electron chi connectivity index (χ0n) is 23.8. The Morgan fingerprint density at radius 3 is 2.73 bits per heavy atom. The van der Waals surface area contributed by atoms with E-state index in [4.69, 9.17) is 9.15 Å². The molecule has 1 saturated heterocycles. The van der Waals surface area contributed by atoms with E-state index in [1.165, 1.54) is 16.2 Å². The molecule has 1 aliphatic carbocycles. The van der Waals surface area contributed by atoms with Gasteiger partial charge in [-0.3, -0.25) is 4.79 Å². The van der Waals surface area contributed by atoms with E-state index in [9.17, 15) is 14.7 Å². The second kappa shape index (κ2) is 9.70. The summed E-state index contributed by atoms with van der Waals surface area (Å²) in [4.78, 5) is 33.4. The smallest absolute Gasteiger partial charge is 0.375 e. The van der Waals surface area contributed by atoms with Crippen molar-refractivity contribution < 1.29 is 24.0 Å². The second-order valence-electron chi connectivity index (χ2n) is 12.7. The maximum absolute atomic E-state index is 14.2. The zero-order chi connectivity index (χ0) is 28.4. The number of fused-ring (bicyclic) bond motifs is 4. The molecule has 3 unspecified atom stereocenters. The first kappa shape index (κ1) is 27.0. The van der Waals surface area contributed by atoms with E-state index in [1.807, 2.05) is 31.2 Å². The topological polar surface area (TPSA) is 96.9 Å². The number of thiazole rings is 1. The van der Waals surface area contributed by atoms with Crippen molar-refractivity contribution in [3.8, 4) is 16.3 Å². The van der Waals surface area contributed by atoms with Crippen molar-refractivity contribution in [2.45, 2.75) is 72.9 Å².